The van der Waals surface area contributed by atoms with Crippen LogP contribution in [-0.4, -0.2) is 25.0 Å². The lowest BCUT2D eigenvalue weighted by molar-refractivity contribution is 0.317. The van der Waals surface area contributed by atoms with Gasteiger partial charge in [0.15, 0.2) is 0 Å². The van der Waals surface area contributed by atoms with Gasteiger partial charge in [-0.25, -0.2) is 0 Å². The van der Waals surface area contributed by atoms with Crippen molar-refractivity contribution < 1.29 is 0 Å². The lowest BCUT2D eigenvalue weighted by Gasteiger charge is -2.14. The summed E-state index contributed by atoms with van der Waals surface area (Å²) in [4.78, 5) is 2.47. The number of nitrogens with zero attached hydrogens (tertiary/aromatic N) is 1. The molecule has 1 aliphatic carbocycles. The van der Waals surface area contributed by atoms with Gasteiger partial charge in [0, 0.05) is 13.1 Å². The summed E-state index contributed by atoms with van der Waals surface area (Å²) in [5.74, 6) is 4.16. The Kier molecular flexibility index (Phi) is 1.31. The summed E-state index contributed by atoms with van der Waals surface area (Å²) in [5, 5.41) is 0. The molecule has 1 saturated carbocycles. The van der Waals surface area contributed by atoms with Crippen LogP contribution in [0, 0.1) is 23.7 Å². The highest BCUT2D eigenvalue weighted by Crippen LogP contribution is 2.54. The fraction of sp³-hybridized carbons (Fsp3) is 1.00. The normalized spacial score (nSPS) is 46.2. The average Bonchev–Trinajstić information content (AvgIpc) is 2.32. The fourth-order valence-electron chi connectivity index (χ4n) is 2.77. The van der Waals surface area contributed by atoms with Crippen molar-refractivity contribution in [3.63, 3.8) is 0 Å². The number of fused-ring (bicyclic) bond motifs is 1. The van der Waals surface area contributed by atoms with Crippen LogP contribution in [0.15, 0.2) is 0 Å². The second-order valence-electron chi connectivity index (χ2n) is 4.37. The molecule has 0 aromatic heterocycles. The smallest absolute Gasteiger partial charge is 0.00128 e. The minimum absolute atomic E-state index is 0.934. The van der Waals surface area contributed by atoms with Crippen LogP contribution in [-0.2, 0) is 0 Å². The van der Waals surface area contributed by atoms with E-state index in [0.717, 1.165) is 23.7 Å². The van der Waals surface area contributed by atoms with Crippen molar-refractivity contribution in [2.24, 2.45) is 23.7 Å². The van der Waals surface area contributed by atoms with Gasteiger partial charge in [0.2, 0.25) is 0 Å². The molecule has 2 rings (SSSR count). The molecule has 58 valence electrons. The third-order valence-corrected chi connectivity index (χ3v) is 3.21. The molecular formula is C9H17N. The molecule has 0 radical (unpaired) electrons. The first-order chi connectivity index (χ1) is 4.70. The first-order valence-corrected chi connectivity index (χ1v) is 4.38. The third kappa shape index (κ3) is 0.800. The van der Waals surface area contributed by atoms with Crippen molar-refractivity contribution in [1.29, 1.82) is 0 Å². The zero-order valence-corrected chi connectivity index (χ0v) is 7.17. The van der Waals surface area contributed by atoms with E-state index < -0.39 is 0 Å². The predicted molar refractivity (Wildman–Crippen MR) is 42.8 cm³/mol. The molecule has 1 heteroatoms. The zero-order valence-electron chi connectivity index (χ0n) is 7.17. The topological polar surface area (TPSA) is 3.24 Å². The monoisotopic (exact) mass is 139 g/mol. The van der Waals surface area contributed by atoms with Crippen LogP contribution in [0.1, 0.15) is 13.8 Å². The van der Waals surface area contributed by atoms with Gasteiger partial charge in [-0.1, -0.05) is 13.8 Å². The van der Waals surface area contributed by atoms with Gasteiger partial charge in [0.1, 0.15) is 0 Å². The van der Waals surface area contributed by atoms with Gasteiger partial charge < -0.3 is 4.90 Å². The summed E-state index contributed by atoms with van der Waals surface area (Å²) in [6.45, 7) is 7.47. The fourth-order valence-corrected chi connectivity index (χ4v) is 2.77. The lowest BCUT2D eigenvalue weighted by Crippen LogP contribution is -2.20. The molecule has 1 heterocycles. The molecular weight excluding hydrogens is 122 g/mol. The molecule has 0 aromatic carbocycles. The van der Waals surface area contributed by atoms with E-state index in [1.807, 2.05) is 0 Å². The molecule has 0 N–H and O–H groups in total. The van der Waals surface area contributed by atoms with Crippen LogP contribution >= 0.6 is 0 Å². The molecule has 1 nitrogen and oxygen atoms in total. The van der Waals surface area contributed by atoms with E-state index in [0.29, 0.717) is 0 Å². The Hall–Kier alpha value is -0.0400. The molecule has 2 aliphatic rings. The van der Waals surface area contributed by atoms with Gasteiger partial charge in [0.25, 0.3) is 0 Å². The van der Waals surface area contributed by atoms with E-state index in [1.54, 1.807) is 0 Å². The summed E-state index contributed by atoms with van der Waals surface area (Å²) >= 11 is 0. The first-order valence-electron chi connectivity index (χ1n) is 4.38. The molecule has 0 bridgehead atoms. The van der Waals surface area contributed by atoms with Crippen molar-refractivity contribution in [1.82, 2.24) is 4.90 Å². The molecule has 0 amide bonds. The maximum atomic E-state index is 2.47. The minimum Gasteiger partial charge on any atom is -0.306 e. The Balaban J connectivity index is 1.92. The van der Waals surface area contributed by atoms with Gasteiger partial charge in [-0.05, 0) is 30.7 Å². The van der Waals surface area contributed by atoms with E-state index in [9.17, 15) is 0 Å². The molecule has 1 aliphatic heterocycles. The number of likely N-dealkylation sites (tertiary alicyclic amines) is 1. The van der Waals surface area contributed by atoms with E-state index in [2.05, 4.69) is 25.8 Å². The maximum absolute atomic E-state index is 2.47. The molecule has 0 spiro atoms. The lowest BCUT2D eigenvalue weighted by atomic mass is 10.1. The molecule has 0 aromatic rings. The van der Waals surface area contributed by atoms with E-state index in [4.69, 9.17) is 0 Å². The van der Waals surface area contributed by atoms with Gasteiger partial charge >= 0.3 is 0 Å². The van der Waals surface area contributed by atoms with Crippen LogP contribution in [0.2, 0.25) is 0 Å². The van der Waals surface area contributed by atoms with Gasteiger partial charge in [-0.15, -0.1) is 0 Å². The zero-order chi connectivity index (χ0) is 7.30. The standard InChI is InChI=1S/C9H17N/c1-6(2)9-7-4-10(3)5-8(7)9/h6-9H,4-5H2,1-3H3/t7-,8?,9?/m1/s1. The van der Waals surface area contributed by atoms with Crippen LogP contribution in [0.3, 0.4) is 0 Å². The SMILES string of the molecule is CC(C)C1C2CN(C)C[C@H]21. The largest absolute Gasteiger partial charge is 0.306 e. The highest BCUT2D eigenvalue weighted by atomic mass is 15.2. The van der Waals surface area contributed by atoms with Gasteiger partial charge in [0.05, 0.1) is 0 Å². The summed E-state index contributed by atoms with van der Waals surface area (Å²) in [5.41, 5.74) is 0. The summed E-state index contributed by atoms with van der Waals surface area (Å²) in [7, 11) is 2.24. The Morgan fingerprint density at radius 3 is 2.10 bits per heavy atom. The summed E-state index contributed by atoms with van der Waals surface area (Å²) in [6.07, 6.45) is 0. The van der Waals surface area contributed by atoms with Crippen molar-refractivity contribution in [3.8, 4) is 0 Å². The van der Waals surface area contributed by atoms with E-state index in [1.165, 1.54) is 13.1 Å². The Labute approximate surface area is 63.4 Å². The summed E-state index contributed by atoms with van der Waals surface area (Å²) in [6, 6.07) is 0. The highest BCUT2D eigenvalue weighted by Gasteiger charge is 2.55. The molecule has 2 unspecified atom stereocenters. The number of hydrogen-bond acceptors (Lipinski definition) is 1. The third-order valence-electron chi connectivity index (χ3n) is 3.21. The maximum Gasteiger partial charge on any atom is 0.00128 e. The Morgan fingerprint density at radius 2 is 1.70 bits per heavy atom. The quantitative estimate of drug-likeness (QED) is 0.531. The van der Waals surface area contributed by atoms with Crippen LogP contribution < -0.4 is 0 Å². The van der Waals surface area contributed by atoms with Crippen molar-refractivity contribution in [3.05, 3.63) is 0 Å². The second kappa shape index (κ2) is 1.97. The van der Waals surface area contributed by atoms with Crippen molar-refractivity contribution in [2.45, 2.75) is 13.8 Å². The first kappa shape index (κ1) is 6.66. The van der Waals surface area contributed by atoms with Crippen LogP contribution in [0.25, 0.3) is 0 Å². The van der Waals surface area contributed by atoms with E-state index >= 15 is 0 Å². The van der Waals surface area contributed by atoms with Crippen LogP contribution in [0.5, 0.6) is 0 Å². The average molecular weight is 139 g/mol. The van der Waals surface area contributed by atoms with E-state index in [-0.39, 0.29) is 0 Å². The van der Waals surface area contributed by atoms with Crippen molar-refractivity contribution in [2.75, 3.05) is 20.1 Å². The van der Waals surface area contributed by atoms with Crippen molar-refractivity contribution >= 4 is 0 Å². The molecule has 1 saturated heterocycles. The minimum atomic E-state index is 0.934. The van der Waals surface area contributed by atoms with Gasteiger partial charge in [-0.2, -0.15) is 0 Å². The molecule has 3 atom stereocenters. The number of hydrogen-bond donors (Lipinski definition) is 0. The second-order valence-corrected chi connectivity index (χ2v) is 4.37. The molecule has 2 fully saturated rings. The number of rotatable bonds is 1. The highest BCUT2D eigenvalue weighted by molar-refractivity contribution is 5.05. The summed E-state index contributed by atoms with van der Waals surface area (Å²) < 4.78 is 0. The van der Waals surface area contributed by atoms with Gasteiger partial charge in [-0.3, -0.25) is 0 Å². The molecule has 10 heavy (non-hydrogen) atoms. The Bertz CT molecular complexity index is 130. The predicted octanol–water partition coefficient (Wildman–Crippen LogP) is 1.45. The Morgan fingerprint density at radius 1 is 1.20 bits per heavy atom. The van der Waals surface area contributed by atoms with Crippen LogP contribution in [0.4, 0.5) is 0 Å². The number of piperidine rings is 1.